The van der Waals surface area contributed by atoms with Crippen molar-refractivity contribution in [2.75, 3.05) is 13.7 Å². The number of methoxy groups -OCH3 is 1. The number of rotatable bonds is 12. The Morgan fingerprint density at radius 1 is 1.20 bits per heavy atom. The molecule has 0 aromatic carbocycles. The Kier molecular flexibility index (Phi) is 11.1. The smallest absolute Gasteiger partial charge is 0.475 e. The van der Waals surface area contributed by atoms with Crippen LogP contribution in [0.2, 0.25) is 0 Å². The Morgan fingerprint density at radius 2 is 1.83 bits per heavy atom. The molecule has 0 saturated carbocycles. The maximum absolute atomic E-state index is 12.8. The number of halogens is 3. The number of nitrogens with zero attached hydrogens (tertiary/aromatic N) is 2. The zero-order chi connectivity index (χ0) is 31.0. The van der Waals surface area contributed by atoms with Gasteiger partial charge in [-0.3, -0.25) is 14.9 Å². The van der Waals surface area contributed by atoms with Gasteiger partial charge < -0.3 is 25.2 Å². The van der Waals surface area contributed by atoms with E-state index in [0.717, 1.165) is 31.3 Å². The molecule has 41 heavy (non-hydrogen) atoms. The van der Waals surface area contributed by atoms with Gasteiger partial charge in [0.15, 0.2) is 0 Å². The fourth-order valence-corrected chi connectivity index (χ4v) is 4.97. The molecule has 3 atom stereocenters. The first-order valence-corrected chi connectivity index (χ1v) is 12.7. The first-order chi connectivity index (χ1) is 19.2. The topological polar surface area (TPSA) is 205 Å². The van der Waals surface area contributed by atoms with Crippen molar-refractivity contribution in [1.29, 1.82) is 0 Å². The molecule has 0 aromatic heterocycles. The number of esters is 1. The molecule has 3 aliphatic rings. The van der Waals surface area contributed by atoms with E-state index in [0.29, 0.717) is 36.7 Å². The lowest BCUT2D eigenvalue weighted by atomic mass is 9.76. The van der Waals surface area contributed by atoms with Crippen molar-refractivity contribution < 1.29 is 51.8 Å². The third-order valence-corrected chi connectivity index (χ3v) is 7.14. The minimum Gasteiger partial charge on any atom is -0.475 e. The van der Waals surface area contributed by atoms with Crippen LogP contribution in [0.5, 0.6) is 0 Å². The summed E-state index contributed by atoms with van der Waals surface area (Å²) in [5, 5.41) is 17.1. The van der Waals surface area contributed by atoms with Crippen LogP contribution in [0.4, 0.5) is 13.2 Å². The van der Waals surface area contributed by atoms with Crippen LogP contribution in [0.15, 0.2) is 44.7 Å². The highest BCUT2D eigenvalue weighted by Crippen LogP contribution is 2.49. The van der Waals surface area contributed by atoms with Crippen LogP contribution in [0, 0.1) is 5.92 Å². The Morgan fingerprint density at radius 3 is 2.37 bits per heavy atom. The van der Waals surface area contributed by atoms with Crippen molar-refractivity contribution in [3.05, 3.63) is 34.4 Å². The second-order valence-electron chi connectivity index (χ2n) is 9.70. The van der Waals surface area contributed by atoms with Gasteiger partial charge in [-0.25, -0.2) is 9.59 Å². The first-order valence-electron chi connectivity index (χ1n) is 12.7. The number of amides is 2. The second-order valence-corrected chi connectivity index (χ2v) is 9.70. The number of carbonyl (C=O) groups excluding carboxylic acids is 5. The summed E-state index contributed by atoms with van der Waals surface area (Å²) >= 11 is 0. The van der Waals surface area contributed by atoms with Gasteiger partial charge in [0.05, 0.1) is 7.11 Å². The quantitative estimate of drug-likeness (QED) is 0.132. The highest BCUT2D eigenvalue weighted by atomic mass is 19.4. The molecule has 224 valence electrons. The van der Waals surface area contributed by atoms with E-state index in [9.17, 15) is 37.1 Å². The fourth-order valence-electron chi connectivity index (χ4n) is 4.97. The third-order valence-electron chi connectivity index (χ3n) is 7.14. The number of hydrogen-bond acceptors (Lipinski definition) is 9. The molecular weight excluding hydrogens is 553 g/mol. The predicted octanol–water partition coefficient (Wildman–Crippen LogP) is 2.28. The molecule has 1 fully saturated rings. The van der Waals surface area contributed by atoms with Crippen LogP contribution in [0.1, 0.15) is 51.9 Å². The zero-order valence-corrected chi connectivity index (χ0v) is 22.5. The number of allylic oxidation sites excluding steroid dienone is 3. The molecule has 2 heterocycles. The number of carbonyl (C=O) groups is 6. The van der Waals surface area contributed by atoms with Crippen LogP contribution < -0.4 is 11.1 Å². The first kappa shape index (κ1) is 33.4. The number of ether oxygens (including phenoxy) is 1. The van der Waals surface area contributed by atoms with Crippen molar-refractivity contribution >= 4 is 36.3 Å². The molecule has 1 aliphatic carbocycles. The van der Waals surface area contributed by atoms with Gasteiger partial charge in [-0.2, -0.15) is 13.2 Å². The van der Waals surface area contributed by atoms with Gasteiger partial charge in [0.25, 0.3) is 11.8 Å². The molecule has 2 amide bonds. The lowest BCUT2D eigenvalue weighted by Crippen LogP contribution is -2.43. The van der Waals surface area contributed by atoms with Crippen LogP contribution in [-0.2, 0) is 33.5 Å². The Bertz CT molecular complexity index is 1220. The number of alkyl halides is 3. The predicted molar refractivity (Wildman–Crippen MR) is 135 cm³/mol. The summed E-state index contributed by atoms with van der Waals surface area (Å²) in [7, 11) is 1.20. The zero-order valence-electron chi connectivity index (χ0n) is 22.5. The minimum atomic E-state index is -5.08. The van der Waals surface area contributed by atoms with Gasteiger partial charge in [-0.05, 0) is 56.2 Å². The summed E-state index contributed by atoms with van der Waals surface area (Å²) in [4.78, 5) is 70.1. The van der Waals surface area contributed by atoms with E-state index in [-0.39, 0.29) is 18.4 Å². The lowest BCUT2D eigenvalue weighted by Gasteiger charge is -2.25. The van der Waals surface area contributed by atoms with Crippen molar-refractivity contribution in [2.24, 2.45) is 21.9 Å². The number of unbranched alkanes of at least 4 members (excludes halogenated alkanes) is 2. The monoisotopic (exact) mass is 584 g/mol. The van der Waals surface area contributed by atoms with Gasteiger partial charge in [0, 0.05) is 17.6 Å². The highest BCUT2D eigenvalue weighted by molar-refractivity contribution is 6.07. The largest absolute Gasteiger partial charge is 0.490 e. The summed E-state index contributed by atoms with van der Waals surface area (Å²) in [5.41, 5.74) is 4.76. The number of nitrogens with one attached hydrogen (secondary N) is 1. The van der Waals surface area contributed by atoms with Crippen LogP contribution in [-0.4, -0.2) is 72.3 Å². The second kappa shape index (κ2) is 13.7. The van der Waals surface area contributed by atoms with Gasteiger partial charge >= 0.3 is 18.1 Å². The molecule has 0 spiro atoms. The molecule has 4 N–H and O–H groups in total. The van der Waals surface area contributed by atoms with E-state index >= 15 is 0 Å². The molecular formula is C26H31F3N4O8. The molecule has 0 bridgehead atoms. The third kappa shape index (κ3) is 7.27. The average molecular weight is 585 g/mol. The van der Waals surface area contributed by atoms with Crippen molar-refractivity contribution in [3.63, 3.8) is 0 Å². The van der Waals surface area contributed by atoms with E-state index in [1.54, 1.807) is 13.0 Å². The molecule has 3 rings (SSSR count). The summed E-state index contributed by atoms with van der Waals surface area (Å²) in [5.74, 6) is -5.33. The van der Waals surface area contributed by atoms with Gasteiger partial charge in [-0.15, -0.1) is 10.2 Å². The van der Waals surface area contributed by atoms with E-state index in [1.165, 1.54) is 7.11 Å². The van der Waals surface area contributed by atoms with Crippen LogP contribution in [0.3, 0.4) is 0 Å². The number of hydrogen-bond donors (Lipinski definition) is 3. The van der Waals surface area contributed by atoms with E-state index in [4.69, 9.17) is 20.4 Å². The average Bonchev–Trinajstić information content (AvgIpc) is 3.63. The normalized spacial score (nSPS) is 24.1. The number of fused-ring (bicyclic) bond motifs is 1. The number of aldehydes is 2. The maximum Gasteiger partial charge on any atom is 0.490 e. The summed E-state index contributed by atoms with van der Waals surface area (Å²) < 4.78 is 36.7. The standard InChI is InChI=1S/C24H30N4O6.C2HF3O2/c1-15(24(22(33)34-2)23(14-30,28-24)9-11-29)12-18-17-8-7-16(6-4-3-5-10-25)13-19(17)21(32)27-26-20(18)31;3-2(4,5)1(6)7/h7,11,13-15,28H,3-6,8-10,12,25H2,1-2H3;(H,6,7)/t15?,23?,24-;/m0./s1. The van der Waals surface area contributed by atoms with Crippen molar-refractivity contribution in [2.45, 2.75) is 69.1 Å². The molecule has 0 radical (unpaired) electrons. The fraction of sp³-hybridized carbons (Fsp3) is 0.538. The summed E-state index contributed by atoms with van der Waals surface area (Å²) in [6.45, 7) is 2.32. The van der Waals surface area contributed by atoms with Gasteiger partial charge in [0.1, 0.15) is 23.7 Å². The summed E-state index contributed by atoms with van der Waals surface area (Å²) in [6.07, 6.45) is 3.55. The van der Waals surface area contributed by atoms with Crippen LogP contribution >= 0.6 is 0 Å². The Hall–Kier alpha value is -3.85. The maximum atomic E-state index is 12.8. The molecule has 2 aliphatic heterocycles. The SMILES string of the molecule is COC(=O)[C@]1(C(C)CC2=C3CC=C(CCCCCN)C=C3C(=O)N=NC2=O)NC1(C=O)CC=O.O=C(O)C(F)(F)F. The summed E-state index contributed by atoms with van der Waals surface area (Å²) in [6, 6.07) is 0. The molecule has 1 saturated heterocycles. The van der Waals surface area contributed by atoms with E-state index in [2.05, 4.69) is 15.5 Å². The molecule has 0 aromatic rings. The Labute approximate surface area is 232 Å². The lowest BCUT2D eigenvalue weighted by molar-refractivity contribution is -0.192. The minimum absolute atomic E-state index is 0.0357. The Balaban J connectivity index is 0.000000745. The van der Waals surface area contributed by atoms with Gasteiger partial charge in [0.2, 0.25) is 0 Å². The molecule has 2 unspecified atom stereocenters. The van der Waals surface area contributed by atoms with E-state index in [1.807, 2.05) is 6.08 Å². The van der Waals surface area contributed by atoms with Crippen molar-refractivity contribution in [3.8, 4) is 0 Å². The molecule has 12 nitrogen and oxygen atoms in total. The van der Waals surface area contributed by atoms with Gasteiger partial charge in [-0.1, -0.05) is 25.0 Å². The number of aliphatic carboxylic acids is 1. The number of carboxylic acid groups (broad SMARTS) is 1. The van der Waals surface area contributed by atoms with E-state index < -0.39 is 46.9 Å². The number of nitrogens with two attached hydrogens (primary N) is 1. The molecule has 15 heteroatoms. The highest BCUT2D eigenvalue weighted by Gasteiger charge is 2.75. The van der Waals surface area contributed by atoms with Crippen LogP contribution in [0.25, 0.3) is 0 Å². The number of azo groups is 1. The van der Waals surface area contributed by atoms with Crippen molar-refractivity contribution in [1.82, 2.24) is 5.32 Å². The number of carboxylic acids is 1.